The first-order chi connectivity index (χ1) is 7.72. The van der Waals surface area contributed by atoms with Crippen molar-refractivity contribution in [2.24, 2.45) is 5.73 Å². The molecule has 2 N–H and O–H groups in total. The molecule has 2 rings (SSSR count). The molecule has 0 aromatic heterocycles. The molecule has 0 amide bonds. The van der Waals surface area contributed by atoms with Crippen LogP contribution in [0.25, 0.3) is 11.1 Å². The van der Waals surface area contributed by atoms with E-state index in [0.717, 1.165) is 22.3 Å². The zero-order chi connectivity index (χ0) is 11.5. The van der Waals surface area contributed by atoms with Gasteiger partial charge in [0.15, 0.2) is 0 Å². The second-order valence-electron chi connectivity index (χ2n) is 3.80. The van der Waals surface area contributed by atoms with E-state index in [1.807, 2.05) is 25.1 Å². The van der Waals surface area contributed by atoms with Crippen LogP contribution in [0.15, 0.2) is 42.5 Å². The van der Waals surface area contributed by atoms with Crippen LogP contribution in [0.3, 0.4) is 0 Å². The van der Waals surface area contributed by atoms with Gasteiger partial charge in [0.1, 0.15) is 5.82 Å². The van der Waals surface area contributed by atoms with Crippen molar-refractivity contribution in [3.63, 3.8) is 0 Å². The number of hydrogen-bond donors (Lipinski definition) is 1. The van der Waals surface area contributed by atoms with Crippen LogP contribution in [0, 0.1) is 12.7 Å². The third kappa shape index (κ3) is 2.84. The van der Waals surface area contributed by atoms with Crippen molar-refractivity contribution in [1.82, 2.24) is 0 Å². The van der Waals surface area contributed by atoms with E-state index in [1.54, 1.807) is 12.1 Å². The summed E-state index contributed by atoms with van der Waals surface area (Å²) in [5, 5.41) is 0. The van der Waals surface area contributed by atoms with Crippen molar-refractivity contribution in [3.8, 4) is 11.1 Å². The van der Waals surface area contributed by atoms with E-state index >= 15 is 0 Å². The highest BCUT2D eigenvalue weighted by atomic mass is 35.5. The maximum atomic E-state index is 12.8. The highest BCUT2D eigenvalue weighted by Crippen LogP contribution is 2.25. The fourth-order valence-corrected chi connectivity index (χ4v) is 1.85. The number of benzene rings is 2. The molecule has 0 heterocycles. The molecule has 0 aliphatic rings. The van der Waals surface area contributed by atoms with Crippen LogP contribution >= 0.6 is 12.4 Å². The van der Waals surface area contributed by atoms with Crippen LogP contribution in [0.2, 0.25) is 0 Å². The summed E-state index contributed by atoms with van der Waals surface area (Å²) in [6, 6.07) is 12.6. The van der Waals surface area contributed by atoms with Gasteiger partial charge >= 0.3 is 0 Å². The number of hydrogen-bond acceptors (Lipinski definition) is 1. The number of nitrogens with two attached hydrogens (primary N) is 1. The molecule has 2 aromatic rings. The summed E-state index contributed by atoms with van der Waals surface area (Å²) in [7, 11) is 0. The minimum Gasteiger partial charge on any atom is -0.326 e. The Morgan fingerprint density at radius 2 is 1.71 bits per heavy atom. The molecule has 90 valence electrons. The van der Waals surface area contributed by atoms with Crippen LogP contribution < -0.4 is 5.73 Å². The van der Waals surface area contributed by atoms with Gasteiger partial charge in [-0.05, 0) is 41.3 Å². The molecule has 0 fully saturated rings. The molecule has 0 saturated heterocycles. The molecule has 0 saturated carbocycles. The van der Waals surface area contributed by atoms with E-state index in [-0.39, 0.29) is 18.2 Å². The lowest BCUT2D eigenvalue weighted by Crippen LogP contribution is -1.99. The van der Waals surface area contributed by atoms with Crippen molar-refractivity contribution in [2.75, 3.05) is 0 Å². The lowest BCUT2D eigenvalue weighted by molar-refractivity contribution is 0.628. The minimum atomic E-state index is -0.212. The molecule has 1 nitrogen and oxygen atoms in total. The Kier molecular flexibility index (Phi) is 4.67. The topological polar surface area (TPSA) is 26.0 Å². The highest BCUT2D eigenvalue weighted by Gasteiger charge is 2.04. The molecule has 0 radical (unpaired) electrons. The van der Waals surface area contributed by atoms with Crippen molar-refractivity contribution < 1.29 is 4.39 Å². The third-order valence-corrected chi connectivity index (χ3v) is 2.82. The number of rotatable bonds is 2. The summed E-state index contributed by atoms with van der Waals surface area (Å²) in [5.74, 6) is -0.212. The molecule has 0 spiro atoms. The quantitative estimate of drug-likeness (QED) is 0.866. The van der Waals surface area contributed by atoms with Gasteiger partial charge < -0.3 is 5.73 Å². The predicted molar refractivity (Wildman–Crippen MR) is 71.7 cm³/mol. The zero-order valence-corrected chi connectivity index (χ0v) is 10.4. The first-order valence-electron chi connectivity index (χ1n) is 5.27. The Morgan fingerprint density at radius 1 is 1.06 bits per heavy atom. The Balaban J connectivity index is 0.00000144. The molecule has 3 heteroatoms. The first-order valence-corrected chi connectivity index (χ1v) is 5.27. The van der Waals surface area contributed by atoms with E-state index in [2.05, 4.69) is 0 Å². The average molecular weight is 252 g/mol. The lowest BCUT2D eigenvalue weighted by atomic mass is 9.96. The molecule has 0 aliphatic heterocycles. The lowest BCUT2D eigenvalue weighted by Gasteiger charge is -2.10. The smallest absolute Gasteiger partial charge is 0.123 e. The Hall–Kier alpha value is -1.38. The van der Waals surface area contributed by atoms with Gasteiger partial charge in [-0.2, -0.15) is 0 Å². The van der Waals surface area contributed by atoms with E-state index < -0.39 is 0 Å². The largest absolute Gasteiger partial charge is 0.326 e. The Morgan fingerprint density at radius 3 is 2.29 bits per heavy atom. The van der Waals surface area contributed by atoms with Gasteiger partial charge in [0, 0.05) is 6.54 Å². The van der Waals surface area contributed by atoms with Crippen molar-refractivity contribution >= 4 is 12.4 Å². The monoisotopic (exact) mass is 251 g/mol. The van der Waals surface area contributed by atoms with Gasteiger partial charge in [-0.15, -0.1) is 12.4 Å². The summed E-state index contributed by atoms with van der Waals surface area (Å²) in [6.45, 7) is 2.57. The van der Waals surface area contributed by atoms with E-state index in [4.69, 9.17) is 5.73 Å². The first kappa shape index (κ1) is 13.7. The summed E-state index contributed by atoms with van der Waals surface area (Å²) >= 11 is 0. The summed E-state index contributed by atoms with van der Waals surface area (Å²) in [6.07, 6.45) is 0. The third-order valence-electron chi connectivity index (χ3n) is 2.82. The maximum absolute atomic E-state index is 12.8. The van der Waals surface area contributed by atoms with Gasteiger partial charge in [-0.1, -0.05) is 30.3 Å². The van der Waals surface area contributed by atoms with Gasteiger partial charge in [0.05, 0.1) is 0 Å². The fourth-order valence-electron chi connectivity index (χ4n) is 1.85. The summed E-state index contributed by atoms with van der Waals surface area (Å²) in [5.41, 5.74) is 10.1. The van der Waals surface area contributed by atoms with Crippen LogP contribution in [0.1, 0.15) is 11.1 Å². The standard InChI is InChI=1S/C14H14FN.ClH/c1-10-12(9-16)3-2-4-14(10)11-5-7-13(15)8-6-11;/h2-8H,9,16H2,1H3;1H. The average Bonchev–Trinajstić information content (AvgIpc) is 2.31. The van der Waals surface area contributed by atoms with E-state index in [0.29, 0.717) is 6.54 Å². The zero-order valence-electron chi connectivity index (χ0n) is 9.61. The SMILES string of the molecule is Cc1c(CN)cccc1-c1ccc(F)cc1.Cl. The molecule has 0 atom stereocenters. The van der Waals surface area contributed by atoms with E-state index in [1.165, 1.54) is 12.1 Å². The second-order valence-corrected chi connectivity index (χ2v) is 3.80. The van der Waals surface area contributed by atoms with Crippen molar-refractivity contribution in [2.45, 2.75) is 13.5 Å². The molecular weight excluding hydrogens is 237 g/mol. The second kappa shape index (κ2) is 5.80. The molecule has 2 aromatic carbocycles. The van der Waals surface area contributed by atoms with Crippen LogP contribution in [0.4, 0.5) is 4.39 Å². The van der Waals surface area contributed by atoms with Gasteiger partial charge in [-0.25, -0.2) is 4.39 Å². The van der Waals surface area contributed by atoms with Crippen LogP contribution in [-0.2, 0) is 6.54 Å². The molecule has 17 heavy (non-hydrogen) atoms. The minimum absolute atomic E-state index is 0. The predicted octanol–water partition coefficient (Wildman–Crippen LogP) is 3.68. The fraction of sp³-hybridized carbons (Fsp3) is 0.143. The van der Waals surface area contributed by atoms with Crippen molar-refractivity contribution in [1.29, 1.82) is 0 Å². The van der Waals surface area contributed by atoms with Crippen molar-refractivity contribution in [3.05, 3.63) is 59.4 Å². The maximum Gasteiger partial charge on any atom is 0.123 e. The molecule has 0 bridgehead atoms. The van der Waals surface area contributed by atoms with Crippen LogP contribution in [-0.4, -0.2) is 0 Å². The summed E-state index contributed by atoms with van der Waals surface area (Å²) in [4.78, 5) is 0. The van der Waals surface area contributed by atoms with Crippen LogP contribution in [0.5, 0.6) is 0 Å². The van der Waals surface area contributed by atoms with Gasteiger partial charge in [0.25, 0.3) is 0 Å². The molecule has 0 unspecified atom stereocenters. The summed E-state index contributed by atoms with van der Waals surface area (Å²) < 4.78 is 12.8. The Bertz CT molecular complexity index is 494. The van der Waals surface area contributed by atoms with Gasteiger partial charge in [-0.3, -0.25) is 0 Å². The Labute approximate surface area is 107 Å². The molecule has 0 aliphatic carbocycles. The molecular formula is C14H15ClFN. The van der Waals surface area contributed by atoms with E-state index in [9.17, 15) is 4.39 Å². The highest BCUT2D eigenvalue weighted by molar-refractivity contribution is 5.85. The van der Waals surface area contributed by atoms with Gasteiger partial charge in [0.2, 0.25) is 0 Å². The number of halogens is 2. The normalized spacial score (nSPS) is 9.82.